The molecule has 1 aliphatic rings. The Balaban J connectivity index is 1.96. The van der Waals surface area contributed by atoms with Gasteiger partial charge >= 0.3 is 0 Å². The van der Waals surface area contributed by atoms with E-state index in [0.29, 0.717) is 0 Å². The van der Waals surface area contributed by atoms with E-state index in [4.69, 9.17) is 9.47 Å². The minimum absolute atomic E-state index is 0.166. The number of ether oxygens (including phenoxy) is 2. The number of piperidine rings is 1. The average molecular weight is 221 g/mol. The van der Waals surface area contributed by atoms with E-state index >= 15 is 0 Å². The van der Waals surface area contributed by atoms with E-state index in [9.17, 15) is 0 Å². The van der Waals surface area contributed by atoms with Crippen LogP contribution in [0.25, 0.3) is 0 Å². The summed E-state index contributed by atoms with van der Waals surface area (Å²) >= 11 is 0. The van der Waals surface area contributed by atoms with Crippen LogP contribution in [0.1, 0.15) is 13.3 Å². The van der Waals surface area contributed by atoms with E-state index < -0.39 is 0 Å². The Morgan fingerprint density at radius 1 is 1.25 bits per heavy atom. The zero-order valence-corrected chi connectivity index (χ0v) is 9.69. The molecular formula is C13H19NO2. The van der Waals surface area contributed by atoms with Gasteiger partial charge in [0.25, 0.3) is 0 Å². The topological polar surface area (TPSA) is 30.5 Å². The maximum absolute atomic E-state index is 5.96. The largest absolute Gasteiger partial charge is 0.488 e. The predicted octanol–water partition coefficient (Wildman–Crippen LogP) is 1.83. The molecule has 2 atom stereocenters. The van der Waals surface area contributed by atoms with Crippen LogP contribution in [0.15, 0.2) is 30.3 Å². The van der Waals surface area contributed by atoms with Gasteiger partial charge in [-0.25, -0.2) is 0 Å². The lowest BCUT2D eigenvalue weighted by atomic mass is 10.1. The van der Waals surface area contributed by atoms with Crippen LogP contribution in [0, 0.1) is 0 Å². The normalized spacial score (nSPS) is 25.3. The van der Waals surface area contributed by atoms with Crippen LogP contribution in [0.4, 0.5) is 0 Å². The summed E-state index contributed by atoms with van der Waals surface area (Å²) in [5.41, 5.74) is 0. The van der Waals surface area contributed by atoms with Crippen LogP contribution < -0.4 is 10.1 Å². The van der Waals surface area contributed by atoms with E-state index in [2.05, 4.69) is 5.32 Å². The summed E-state index contributed by atoms with van der Waals surface area (Å²) in [5.74, 6) is 0.930. The zero-order valence-electron chi connectivity index (χ0n) is 9.69. The predicted molar refractivity (Wildman–Crippen MR) is 63.8 cm³/mol. The Bertz CT molecular complexity index is 300. The maximum Gasteiger partial charge on any atom is 0.127 e. The molecule has 0 aromatic heterocycles. The van der Waals surface area contributed by atoms with Crippen LogP contribution in [0.2, 0.25) is 0 Å². The molecule has 0 spiro atoms. The van der Waals surface area contributed by atoms with Gasteiger partial charge in [0.2, 0.25) is 0 Å². The summed E-state index contributed by atoms with van der Waals surface area (Å²) < 4.78 is 11.6. The number of benzene rings is 1. The SMILES string of the molecule is CCOC1CNCCC1Oc1ccccc1. The first kappa shape index (κ1) is 11.4. The molecule has 3 nitrogen and oxygen atoms in total. The second kappa shape index (κ2) is 5.87. The summed E-state index contributed by atoms with van der Waals surface area (Å²) in [6.45, 7) is 4.64. The summed E-state index contributed by atoms with van der Waals surface area (Å²) in [6.07, 6.45) is 1.34. The van der Waals surface area contributed by atoms with Crippen molar-refractivity contribution in [1.29, 1.82) is 0 Å². The van der Waals surface area contributed by atoms with Crippen LogP contribution in [-0.2, 0) is 4.74 Å². The minimum atomic E-state index is 0.166. The molecule has 1 fully saturated rings. The monoisotopic (exact) mass is 221 g/mol. The highest BCUT2D eigenvalue weighted by molar-refractivity contribution is 5.21. The lowest BCUT2D eigenvalue weighted by Gasteiger charge is -2.32. The van der Waals surface area contributed by atoms with Crippen LogP contribution in [0.3, 0.4) is 0 Å². The molecule has 1 N–H and O–H groups in total. The summed E-state index contributed by atoms with van der Waals surface area (Å²) in [5, 5.41) is 3.33. The number of nitrogens with one attached hydrogen (secondary N) is 1. The van der Waals surface area contributed by atoms with E-state index in [-0.39, 0.29) is 12.2 Å². The van der Waals surface area contributed by atoms with Gasteiger partial charge in [0.1, 0.15) is 18.0 Å². The molecule has 0 bridgehead atoms. The highest BCUT2D eigenvalue weighted by Crippen LogP contribution is 2.17. The Hall–Kier alpha value is -1.06. The van der Waals surface area contributed by atoms with E-state index in [1.165, 1.54) is 0 Å². The fourth-order valence-corrected chi connectivity index (χ4v) is 1.99. The molecule has 1 aliphatic heterocycles. The molecule has 1 heterocycles. The van der Waals surface area contributed by atoms with Crippen molar-refractivity contribution < 1.29 is 9.47 Å². The molecule has 0 amide bonds. The molecular weight excluding hydrogens is 202 g/mol. The average Bonchev–Trinajstić information content (AvgIpc) is 2.33. The Labute approximate surface area is 96.8 Å². The molecule has 1 aromatic rings. The van der Waals surface area contributed by atoms with Crippen molar-refractivity contribution in [3.8, 4) is 5.75 Å². The van der Waals surface area contributed by atoms with Gasteiger partial charge in [0.15, 0.2) is 0 Å². The molecule has 0 radical (unpaired) electrons. The van der Waals surface area contributed by atoms with Crippen molar-refractivity contribution in [3.63, 3.8) is 0 Å². The van der Waals surface area contributed by atoms with Gasteiger partial charge in [-0.05, 0) is 32.0 Å². The molecule has 3 heteroatoms. The first-order valence-corrected chi connectivity index (χ1v) is 5.94. The molecule has 1 saturated heterocycles. The van der Waals surface area contributed by atoms with Crippen molar-refractivity contribution in [1.82, 2.24) is 5.32 Å². The lowest BCUT2D eigenvalue weighted by molar-refractivity contribution is -0.0343. The third-order valence-corrected chi connectivity index (χ3v) is 2.78. The van der Waals surface area contributed by atoms with Gasteiger partial charge in [-0.1, -0.05) is 18.2 Å². The van der Waals surface area contributed by atoms with Gasteiger partial charge in [0, 0.05) is 13.2 Å². The molecule has 0 aliphatic carbocycles. The smallest absolute Gasteiger partial charge is 0.127 e. The van der Waals surface area contributed by atoms with Crippen molar-refractivity contribution in [2.45, 2.75) is 25.6 Å². The number of hydrogen-bond donors (Lipinski definition) is 1. The van der Waals surface area contributed by atoms with Crippen molar-refractivity contribution in [2.75, 3.05) is 19.7 Å². The summed E-state index contributed by atoms with van der Waals surface area (Å²) in [6, 6.07) is 9.96. The number of rotatable bonds is 4. The molecule has 0 saturated carbocycles. The number of hydrogen-bond acceptors (Lipinski definition) is 3. The summed E-state index contributed by atoms with van der Waals surface area (Å²) in [4.78, 5) is 0. The Morgan fingerprint density at radius 3 is 2.81 bits per heavy atom. The quantitative estimate of drug-likeness (QED) is 0.841. The van der Waals surface area contributed by atoms with Gasteiger partial charge in [0.05, 0.1) is 0 Å². The first-order valence-electron chi connectivity index (χ1n) is 5.94. The second-order valence-corrected chi connectivity index (χ2v) is 3.96. The highest BCUT2D eigenvalue weighted by atomic mass is 16.5. The highest BCUT2D eigenvalue weighted by Gasteiger charge is 2.26. The fourth-order valence-electron chi connectivity index (χ4n) is 1.99. The number of para-hydroxylation sites is 1. The Morgan fingerprint density at radius 2 is 2.06 bits per heavy atom. The molecule has 2 rings (SSSR count). The standard InChI is InChI=1S/C13H19NO2/c1-2-15-13-10-14-9-8-12(13)16-11-6-4-3-5-7-11/h3-7,12-14H,2,8-10H2,1H3. The molecule has 16 heavy (non-hydrogen) atoms. The third-order valence-electron chi connectivity index (χ3n) is 2.78. The summed E-state index contributed by atoms with van der Waals surface area (Å²) in [7, 11) is 0. The lowest BCUT2D eigenvalue weighted by Crippen LogP contribution is -2.48. The van der Waals surface area contributed by atoms with Crippen molar-refractivity contribution in [2.24, 2.45) is 0 Å². The first-order chi connectivity index (χ1) is 7.90. The Kier molecular flexibility index (Phi) is 4.19. The van der Waals surface area contributed by atoms with Crippen LogP contribution >= 0.6 is 0 Å². The van der Waals surface area contributed by atoms with Crippen molar-refractivity contribution in [3.05, 3.63) is 30.3 Å². The van der Waals surface area contributed by atoms with Gasteiger partial charge in [-0.15, -0.1) is 0 Å². The zero-order chi connectivity index (χ0) is 11.2. The molecule has 88 valence electrons. The van der Waals surface area contributed by atoms with Gasteiger partial charge in [-0.3, -0.25) is 0 Å². The molecule has 1 aromatic carbocycles. The van der Waals surface area contributed by atoms with Crippen LogP contribution in [-0.4, -0.2) is 31.9 Å². The minimum Gasteiger partial charge on any atom is -0.488 e. The fraction of sp³-hybridized carbons (Fsp3) is 0.538. The van der Waals surface area contributed by atoms with Crippen molar-refractivity contribution >= 4 is 0 Å². The molecule has 2 unspecified atom stereocenters. The van der Waals surface area contributed by atoms with Gasteiger partial charge in [-0.2, -0.15) is 0 Å². The third kappa shape index (κ3) is 2.97. The second-order valence-electron chi connectivity index (χ2n) is 3.96. The maximum atomic E-state index is 5.96. The van der Waals surface area contributed by atoms with Crippen LogP contribution in [0.5, 0.6) is 5.75 Å². The van der Waals surface area contributed by atoms with Gasteiger partial charge < -0.3 is 14.8 Å². The van der Waals surface area contributed by atoms with E-state index in [0.717, 1.165) is 31.9 Å². The van der Waals surface area contributed by atoms with E-state index in [1.807, 2.05) is 37.3 Å². The van der Waals surface area contributed by atoms with E-state index in [1.54, 1.807) is 0 Å².